The molecule has 20 heavy (non-hydrogen) atoms. The summed E-state index contributed by atoms with van der Waals surface area (Å²) in [6.45, 7) is 1.37. The molecule has 5 nitrogen and oxygen atoms in total. The Kier molecular flexibility index (Phi) is 4.76. The number of benzene rings is 1. The minimum absolute atomic E-state index is 0.158. The van der Waals surface area contributed by atoms with E-state index in [1.807, 2.05) is 42.3 Å². The molecule has 1 unspecified atom stereocenters. The molecule has 0 bridgehead atoms. The predicted molar refractivity (Wildman–Crippen MR) is 79.5 cm³/mol. The molecule has 0 fully saturated rings. The van der Waals surface area contributed by atoms with Gasteiger partial charge in [0, 0.05) is 37.9 Å². The van der Waals surface area contributed by atoms with Crippen molar-refractivity contribution in [2.24, 2.45) is 12.8 Å². The van der Waals surface area contributed by atoms with Crippen LogP contribution in [0.2, 0.25) is 0 Å². The summed E-state index contributed by atoms with van der Waals surface area (Å²) in [5, 5.41) is 4.19. The van der Waals surface area contributed by atoms with E-state index in [-0.39, 0.29) is 6.04 Å². The monoisotopic (exact) mass is 274 g/mol. The molecule has 1 aromatic heterocycles. The molecule has 2 rings (SSSR count). The lowest BCUT2D eigenvalue weighted by molar-refractivity contribution is 0.241. The normalized spacial score (nSPS) is 12.7. The molecular weight excluding hydrogens is 252 g/mol. The van der Waals surface area contributed by atoms with E-state index in [0.717, 1.165) is 12.3 Å². The van der Waals surface area contributed by atoms with Gasteiger partial charge in [-0.2, -0.15) is 5.10 Å². The molecule has 1 atom stereocenters. The molecule has 1 heterocycles. The van der Waals surface area contributed by atoms with Crippen molar-refractivity contribution in [2.45, 2.75) is 12.6 Å². The second-order valence-corrected chi connectivity index (χ2v) is 4.97. The lowest BCUT2D eigenvalue weighted by Gasteiger charge is -2.27. The third kappa shape index (κ3) is 3.37. The van der Waals surface area contributed by atoms with E-state index in [4.69, 9.17) is 10.5 Å². The topological polar surface area (TPSA) is 56.3 Å². The highest BCUT2D eigenvalue weighted by atomic mass is 16.5. The summed E-state index contributed by atoms with van der Waals surface area (Å²) in [7, 11) is 5.67. The van der Waals surface area contributed by atoms with Crippen LogP contribution < -0.4 is 10.5 Å². The van der Waals surface area contributed by atoms with E-state index in [2.05, 4.69) is 23.1 Å². The number of hydrogen-bond acceptors (Lipinski definition) is 4. The number of nitrogens with zero attached hydrogens (tertiary/aromatic N) is 3. The van der Waals surface area contributed by atoms with Crippen LogP contribution in [0.5, 0.6) is 5.75 Å². The van der Waals surface area contributed by atoms with E-state index in [9.17, 15) is 0 Å². The Bertz CT molecular complexity index is 552. The fourth-order valence-corrected chi connectivity index (χ4v) is 2.37. The molecule has 0 saturated heterocycles. The van der Waals surface area contributed by atoms with Crippen molar-refractivity contribution in [3.63, 3.8) is 0 Å². The first-order valence-corrected chi connectivity index (χ1v) is 6.66. The number of rotatable bonds is 6. The fourth-order valence-electron chi connectivity index (χ4n) is 2.37. The van der Waals surface area contributed by atoms with Gasteiger partial charge in [-0.3, -0.25) is 9.58 Å². The van der Waals surface area contributed by atoms with Crippen LogP contribution in [0.3, 0.4) is 0 Å². The first-order chi connectivity index (χ1) is 9.63. The number of ether oxygens (including phenoxy) is 1. The molecule has 2 N–H and O–H groups in total. The van der Waals surface area contributed by atoms with Crippen LogP contribution in [0.4, 0.5) is 0 Å². The van der Waals surface area contributed by atoms with Crippen molar-refractivity contribution in [2.75, 3.05) is 20.7 Å². The zero-order chi connectivity index (χ0) is 14.5. The molecule has 0 radical (unpaired) electrons. The zero-order valence-corrected chi connectivity index (χ0v) is 12.3. The second-order valence-electron chi connectivity index (χ2n) is 4.97. The standard InChI is InChI=1S/C15H22N4O/c1-18(10-12-9-17-19(2)11-12)15(8-16)13-5-4-6-14(7-13)20-3/h4-7,9,11,15H,8,10,16H2,1-3H3. The van der Waals surface area contributed by atoms with Crippen LogP contribution in [-0.4, -0.2) is 35.4 Å². The summed E-state index contributed by atoms with van der Waals surface area (Å²) in [4.78, 5) is 2.23. The summed E-state index contributed by atoms with van der Waals surface area (Å²) in [6.07, 6.45) is 3.91. The molecule has 0 aliphatic carbocycles. The second kappa shape index (κ2) is 6.54. The Morgan fingerprint density at radius 2 is 2.25 bits per heavy atom. The molecule has 108 valence electrons. The quantitative estimate of drug-likeness (QED) is 0.868. The Morgan fingerprint density at radius 1 is 1.45 bits per heavy atom. The van der Waals surface area contributed by atoms with Crippen LogP contribution >= 0.6 is 0 Å². The third-order valence-electron chi connectivity index (χ3n) is 3.42. The highest BCUT2D eigenvalue weighted by Crippen LogP contribution is 2.23. The highest BCUT2D eigenvalue weighted by Gasteiger charge is 2.16. The maximum Gasteiger partial charge on any atom is 0.119 e. The van der Waals surface area contributed by atoms with Gasteiger partial charge >= 0.3 is 0 Å². The van der Waals surface area contributed by atoms with Gasteiger partial charge in [-0.1, -0.05) is 12.1 Å². The third-order valence-corrected chi connectivity index (χ3v) is 3.42. The van der Waals surface area contributed by atoms with Crippen LogP contribution in [0.1, 0.15) is 17.2 Å². The van der Waals surface area contributed by atoms with Gasteiger partial charge < -0.3 is 10.5 Å². The highest BCUT2D eigenvalue weighted by molar-refractivity contribution is 5.30. The Morgan fingerprint density at radius 3 is 2.85 bits per heavy atom. The van der Waals surface area contributed by atoms with E-state index < -0.39 is 0 Å². The van der Waals surface area contributed by atoms with E-state index in [0.29, 0.717) is 6.54 Å². The summed E-state index contributed by atoms with van der Waals surface area (Å²) < 4.78 is 7.09. The van der Waals surface area contributed by atoms with E-state index in [1.165, 1.54) is 11.1 Å². The lowest BCUT2D eigenvalue weighted by Crippen LogP contribution is -2.30. The molecule has 0 aliphatic heterocycles. The molecule has 2 aromatic rings. The molecule has 1 aromatic carbocycles. The maximum absolute atomic E-state index is 5.95. The van der Waals surface area contributed by atoms with Gasteiger partial charge in [0.25, 0.3) is 0 Å². The number of likely N-dealkylation sites (N-methyl/N-ethyl adjacent to an activating group) is 1. The van der Waals surface area contributed by atoms with Gasteiger partial charge in [0.15, 0.2) is 0 Å². The fraction of sp³-hybridized carbons (Fsp3) is 0.400. The van der Waals surface area contributed by atoms with Crippen molar-refractivity contribution in [1.29, 1.82) is 0 Å². The van der Waals surface area contributed by atoms with Gasteiger partial charge in [0.05, 0.1) is 13.3 Å². The minimum atomic E-state index is 0.158. The van der Waals surface area contributed by atoms with E-state index >= 15 is 0 Å². The summed E-state index contributed by atoms with van der Waals surface area (Å²) >= 11 is 0. The molecule has 0 spiro atoms. The van der Waals surface area contributed by atoms with Crippen molar-refractivity contribution < 1.29 is 4.74 Å². The molecule has 0 aliphatic rings. The van der Waals surface area contributed by atoms with Crippen molar-refractivity contribution in [1.82, 2.24) is 14.7 Å². The average molecular weight is 274 g/mol. The number of aromatic nitrogens is 2. The largest absolute Gasteiger partial charge is 0.497 e. The number of hydrogen-bond donors (Lipinski definition) is 1. The SMILES string of the molecule is COc1cccc(C(CN)N(C)Cc2cnn(C)c2)c1. The molecule has 5 heteroatoms. The number of aryl methyl sites for hydroxylation is 1. The van der Waals surface area contributed by atoms with Gasteiger partial charge in [-0.15, -0.1) is 0 Å². The minimum Gasteiger partial charge on any atom is -0.497 e. The van der Waals surface area contributed by atoms with Gasteiger partial charge in [0.1, 0.15) is 5.75 Å². The zero-order valence-electron chi connectivity index (χ0n) is 12.3. The first-order valence-electron chi connectivity index (χ1n) is 6.66. The van der Waals surface area contributed by atoms with Crippen molar-refractivity contribution in [3.8, 4) is 5.75 Å². The Hall–Kier alpha value is -1.85. The maximum atomic E-state index is 5.95. The summed E-state index contributed by atoms with van der Waals surface area (Å²) in [6, 6.07) is 8.22. The van der Waals surface area contributed by atoms with Crippen LogP contribution in [0.25, 0.3) is 0 Å². The van der Waals surface area contributed by atoms with Crippen LogP contribution in [0.15, 0.2) is 36.7 Å². The average Bonchev–Trinajstić information content (AvgIpc) is 2.85. The van der Waals surface area contributed by atoms with Gasteiger partial charge in [-0.25, -0.2) is 0 Å². The number of methoxy groups -OCH3 is 1. The molecule has 0 amide bonds. The first kappa shape index (κ1) is 14.6. The Labute approximate surface area is 119 Å². The van der Waals surface area contributed by atoms with Gasteiger partial charge in [0.2, 0.25) is 0 Å². The molecular formula is C15H22N4O. The van der Waals surface area contributed by atoms with Gasteiger partial charge in [-0.05, 0) is 24.7 Å². The van der Waals surface area contributed by atoms with Crippen LogP contribution in [0, 0.1) is 0 Å². The molecule has 0 saturated carbocycles. The van der Waals surface area contributed by atoms with Crippen molar-refractivity contribution >= 4 is 0 Å². The Balaban J connectivity index is 2.13. The van der Waals surface area contributed by atoms with Crippen LogP contribution in [-0.2, 0) is 13.6 Å². The van der Waals surface area contributed by atoms with E-state index in [1.54, 1.807) is 7.11 Å². The number of nitrogens with two attached hydrogens (primary N) is 1. The predicted octanol–water partition coefficient (Wildman–Crippen LogP) is 1.56. The summed E-state index contributed by atoms with van der Waals surface area (Å²) in [5.74, 6) is 0.857. The lowest BCUT2D eigenvalue weighted by atomic mass is 10.0. The summed E-state index contributed by atoms with van der Waals surface area (Å²) in [5.41, 5.74) is 8.29. The van der Waals surface area contributed by atoms with Crippen molar-refractivity contribution in [3.05, 3.63) is 47.8 Å². The smallest absolute Gasteiger partial charge is 0.119 e.